The summed E-state index contributed by atoms with van der Waals surface area (Å²) in [6.45, 7) is 9.99. The average Bonchev–Trinajstić information content (AvgIpc) is 2.30. The Morgan fingerprint density at radius 3 is 2.37 bits per heavy atom. The Bertz CT molecular complexity index is 524. The summed E-state index contributed by atoms with van der Waals surface area (Å²) >= 11 is 0. The Hall–Kier alpha value is -1.07. The van der Waals surface area contributed by atoms with Crippen LogP contribution in [0, 0.1) is 13.8 Å². The van der Waals surface area contributed by atoms with E-state index < -0.39 is 15.3 Å². The van der Waals surface area contributed by atoms with Gasteiger partial charge in [0.05, 0.1) is 10.9 Å². The summed E-state index contributed by atoms with van der Waals surface area (Å²) in [5, 5.41) is 2.67. The molecule has 0 aliphatic rings. The first-order valence-electron chi connectivity index (χ1n) is 6.54. The van der Waals surface area contributed by atoms with E-state index in [1.165, 1.54) is 0 Å². The van der Waals surface area contributed by atoms with Gasteiger partial charge in [-0.15, -0.1) is 0 Å². The van der Waals surface area contributed by atoms with E-state index in [9.17, 15) is 8.42 Å². The second-order valence-electron chi connectivity index (χ2n) is 5.34. The van der Waals surface area contributed by atoms with Gasteiger partial charge in [-0.2, -0.15) is 0 Å². The van der Waals surface area contributed by atoms with Gasteiger partial charge >= 0.3 is 0 Å². The molecule has 0 saturated heterocycles. The van der Waals surface area contributed by atoms with E-state index in [0.717, 1.165) is 11.1 Å². The highest BCUT2D eigenvalue weighted by Crippen LogP contribution is 2.19. The van der Waals surface area contributed by atoms with Gasteiger partial charge in [-0.25, -0.2) is 8.42 Å². The van der Waals surface area contributed by atoms with Crippen LogP contribution in [0.15, 0.2) is 18.2 Å². The van der Waals surface area contributed by atoms with Gasteiger partial charge in [0, 0.05) is 12.6 Å². The summed E-state index contributed by atoms with van der Waals surface area (Å²) in [6.07, 6.45) is 0. The molecule has 0 bridgehead atoms. The molecular weight excluding hydrogens is 260 g/mol. The van der Waals surface area contributed by atoms with Gasteiger partial charge in [0.25, 0.3) is 0 Å². The average molecular weight is 284 g/mol. The second kappa shape index (κ2) is 6.39. The van der Waals surface area contributed by atoms with Crippen molar-refractivity contribution in [2.45, 2.75) is 45.9 Å². The molecule has 1 atom stereocenters. The minimum Gasteiger partial charge on any atom is -0.313 e. The lowest BCUT2D eigenvalue weighted by molar-refractivity contribution is 0.553. The van der Waals surface area contributed by atoms with Crippen molar-refractivity contribution in [2.75, 3.05) is 11.3 Å². The van der Waals surface area contributed by atoms with E-state index in [2.05, 4.69) is 10.0 Å². The van der Waals surface area contributed by atoms with Crippen molar-refractivity contribution in [2.24, 2.45) is 0 Å². The smallest absolute Gasteiger partial charge is 0.236 e. The summed E-state index contributed by atoms with van der Waals surface area (Å²) in [6, 6.07) is 6.02. The molecule has 0 aliphatic heterocycles. The molecule has 108 valence electrons. The summed E-state index contributed by atoms with van der Waals surface area (Å²) in [5.41, 5.74) is 2.63. The Balaban J connectivity index is 2.81. The molecule has 0 amide bonds. The van der Waals surface area contributed by atoms with Crippen molar-refractivity contribution >= 4 is 15.7 Å². The number of anilines is 1. The van der Waals surface area contributed by atoms with E-state index in [1.54, 1.807) is 6.92 Å². The van der Waals surface area contributed by atoms with E-state index in [1.807, 2.05) is 45.9 Å². The van der Waals surface area contributed by atoms with Gasteiger partial charge in [0.2, 0.25) is 10.0 Å². The summed E-state index contributed by atoms with van der Waals surface area (Å²) in [7, 11) is -3.36. The molecule has 5 heteroatoms. The summed E-state index contributed by atoms with van der Waals surface area (Å²) in [5.74, 6) is 0. The third-order valence-corrected chi connectivity index (χ3v) is 4.72. The molecule has 1 aromatic carbocycles. The predicted molar refractivity (Wildman–Crippen MR) is 81.1 cm³/mol. The minimum atomic E-state index is -3.36. The molecule has 0 heterocycles. The molecule has 19 heavy (non-hydrogen) atoms. The van der Waals surface area contributed by atoms with Crippen molar-refractivity contribution in [3.05, 3.63) is 29.3 Å². The molecule has 0 saturated carbocycles. The molecule has 1 unspecified atom stereocenters. The van der Waals surface area contributed by atoms with Crippen LogP contribution in [0.3, 0.4) is 0 Å². The number of rotatable bonds is 6. The Labute approximate surface area is 116 Å². The first-order valence-corrected chi connectivity index (χ1v) is 8.09. The Kier molecular flexibility index (Phi) is 5.38. The van der Waals surface area contributed by atoms with Crippen molar-refractivity contribution in [3.63, 3.8) is 0 Å². The SMILES string of the molecule is Cc1ccc(C)c(NS(=O)(=O)C(C)CNC(C)C)c1. The zero-order valence-corrected chi connectivity index (χ0v) is 13.1. The van der Waals surface area contributed by atoms with Crippen molar-refractivity contribution in [3.8, 4) is 0 Å². The van der Waals surface area contributed by atoms with Gasteiger partial charge in [-0.05, 0) is 38.0 Å². The largest absolute Gasteiger partial charge is 0.313 e. The fraction of sp³-hybridized carbons (Fsp3) is 0.571. The number of benzene rings is 1. The number of hydrogen-bond donors (Lipinski definition) is 2. The lowest BCUT2D eigenvalue weighted by atomic mass is 10.1. The van der Waals surface area contributed by atoms with Crippen molar-refractivity contribution in [1.29, 1.82) is 0 Å². The van der Waals surface area contributed by atoms with Crippen LogP contribution in [-0.4, -0.2) is 26.3 Å². The topological polar surface area (TPSA) is 58.2 Å². The van der Waals surface area contributed by atoms with Gasteiger partial charge in [0.1, 0.15) is 0 Å². The third-order valence-electron chi connectivity index (χ3n) is 2.99. The van der Waals surface area contributed by atoms with Crippen LogP contribution in [-0.2, 0) is 10.0 Å². The zero-order valence-electron chi connectivity index (χ0n) is 12.3. The van der Waals surface area contributed by atoms with E-state index >= 15 is 0 Å². The molecule has 1 aromatic rings. The van der Waals surface area contributed by atoms with E-state index in [-0.39, 0.29) is 6.04 Å². The van der Waals surface area contributed by atoms with Crippen LogP contribution in [0.5, 0.6) is 0 Å². The highest BCUT2D eigenvalue weighted by atomic mass is 32.2. The Morgan fingerprint density at radius 2 is 1.79 bits per heavy atom. The molecular formula is C14H24N2O2S. The quantitative estimate of drug-likeness (QED) is 0.843. The normalized spacial score (nSPS) is 13.6. The summed E-state index contributed by atoms with van der Waals surface area (Å²) < 4.78 is 27.1. The van der Waals surface area contributed by atoms with Crippen LogP contribution in [0.1, 0.15) is 31.9 Å². The van der Waals surface area contributed by atoms with Gasteiger partial charge in [0.15, 0.2) is 0 Å². The molecule has 1 rings (SSSR count). The van der Waals surface area contributed by atoms with E-state index in [4.69, 9.17) is 0 Å². The molecule has 0 aromatic heterocycles. The van der Waals surface area contributed by atoms with Crippen LogP contribution in [0.4, 0.5) is 5.69 Å². The van der Waals surface area contributed by atoms with E-state index in [0.29, 0.717) is 12.2 Å². The fourth-order valence-corrected chi connectivity index (χ4v) is 2.65. The monoisotopic (exact) mass is 284 g/mol. The lowest BCUT2D eigenvalue weighted by Gasteiger charge is -2.18. The first kappa shape index (κ1) is 16.0. The van der Waals surface area contributed by atoms with Gasteiger partial charge in [-0.1, -0.05) is 26.0 Å². The third kappa shape index (κ3) is 4.84. The van der Waals surface area contributed by atoms with Crippen LogP contribution in [0.25, 0.3) is 0 Å². The van der Waals surface area contributed by atoms with Gasteiger partial charge < -0.3 is 5.32 Å². The maximum absolute atomic E-state index is 12.2. The predicted octanol–water partition coefficient (Wildman–Crippen LogP) is 2.43. The fourth-order valence-electron chi connectivity index (χ4n) is 1.61. The minimum absolute atomic E-state index is 0.276. The first-order chi connectivity index (χ1) is 8.72. The standard InChI is InChI=1S/C14H24N2O2S/c1-10(2)15-9-13(5)19(17,18)16-14-8-11(3)6-7-12(14)4/h6-8,10,13,15-16H,9H2,1-5H3. The molecule has 0 spiro atoms. The van der Waals surface area contributed by atoms with Crippen LogP contribution >= 0.6 is 0 Å². The van der Waals surface area contributed by atoms with Crippen molar-refractivity contribution in [1.82, 2.24) is 5.32 Å². The maximum atomic E-state index is 12.2. The number of nitrogens with one attached hydrogen (secondary N) is 2. The molecule has 0 aliphatic carbocycles. The maximum Gasteiger partial charge on any atom is 0.236 e. The van der Waals surface area contributed by atoms with Crippen molar-refractivity contribution < 1.29 is 8.42 Å². The number of aryl methyl sites for hydroxylation is 2. The number of sulfonamides is 1. The van der Waals surface area contributed by atoms with Crippen LogP contribution < -0.4 is 10.0 Å². The molecule has 0 fully saturated rings. The number of hydrogen-bond acceptors (Lipinski definition) is 3. The lowest BCUT2D eigenvalue weighted by Crippen LogP contribution is -2.37. The molecule has 0 radical (unpaired) electrons. The van der Waals surface area contributed by atoms with Gasteiger partial charge in [-0.3, -0.25) is 4.72 Å². The molecule has 4 nitrogen and oxygen atoms in total. The van der Waals surface area contributed by atoms with Crippen LogP contribution in [0.2, 0.25) is 0 Å². The molecule has 2 N–H and O–H groups in total. The zero-order chi connectivity index (χ0) is 14.6. The Morgan fingerprint density at radius 1 is 1.16 bits per heavy atom. The highest BCUT2D eigenvalue weighted by molar-refractivity contribution is 7.93. The second-order valence-corrected chi connectivity index (χ2v) is 7.44. The highest BCUT2D eigenvalue weighted by Gasteiger charge is 2.21. The summed E-state index contributed by atoms with van der Waals surface area (Å²) in [4.78, 5) is 0.